The lowest BCUT2D eigenvalue weighted by Gasteiger charge is -2.17. The lowest BCUT2D eigenvalue weighted by molar-refractivity contribution is -0.385. The molecule has 0 bridgehead atoms. The van der Waals surface area contributed by atoms with Gasteiger partial charge < -0.3 is 15.2 Å². The molecule has 1 aromatic carbocycles. The Balaban J connectivity index is 2.82. The summed E-state index contributed by atoms with van der Waals surface area (Å²) in [7, 11) is 1.80. The van der Waals surface area contributed by atoms with Gasteiger partial charge in [0.15, 0.2) is 5.75 Å². The fourth-order valence-electron chi connectivity index (χ4n) is 1.55. The van der Waals surface area contributed by atoms with Crippen molar-refractivity contribution in [3.63, 3.8) is 0 Å². The molecule has 2 N–H and O–H groups in total. The monoisotopic (exact) mass is 268 g/mol. The second kappa shape index (κ2) is 6.49. The van der Waals surface area contributed by atoms with Crippen molar-refractivity contribution in [2.75, 3.05) is 13.7 Å². The molecule has 106 valence electrons. The number of rotatable bonds is 7. The van der Waals surface area contributed by atoms with Crippen LogP contribution in [0.1, 0.15) is 25.8 Å². The van der Waals surface area contributed by atoms with E-state index in [-0.39, 0.29) is 18.0 Å². The summed E-state index contributed by atoms with van der Waals surface area (Å²) in [6.07, 6.45) is 0.403. The van der Waals surface area contributed by atoms with E-state index in [1.54, 1.807) is 33.0 Å². The van der Waals surface area contributed by atoms with Gasteiger partial charge in [0.2, 0.25) is 0 Å². The molecule has 0 aromatic heterocycles. The van der Waals surface area contributed by atoms with Crippen molar-refractivity contribution in [1.29, 1.82) is 0 Å². The van der Waals surface area contributed by atoms with Crippen LogP contribution in [-0.4, -0.2) is 29.3 Å². The second-order valence-corrected chi connectivity index (χ2v) is 5.00. The first-order valence-electron chi connectivity index (χ1n) is 6.10. The van der Waals surface area contributed by atoms with Crippen molar-refractivity contribution in [3.05, 3.63) is 33.9 Å². The highest BCUT2D eigenvalue weighted by Crippen LogP contribution is 2.28. The highest BCUT2D eigenvalue weighted by Gasteiger charge is 2.17. The molecule has 0 amide bonds. The molecule has 0 unspecified atom stereocenters. The first kappa shape index (κ1) is 15.4. The highest BCUT2D eigenvalue weighted by molar-refractivity contribution is 5.48. The van der Waals surface area contributed by atoms with Gasteiger partial charge in [0, 0.05) is 19.0 Å². The third-order valence-corrected chi connectivity index (χ3v) is 2.57. The summed E-state index contributed by atoms with van der Waals surface area (Å²) in [6.45, 7) is 4.18. The molecule has 1 rings (SSSR count). The number of hydrogen-bond donors (Lipinski definition) is 2. The Hall–Kier alpha value is -1.66. The average Bonchev–Trinajstić information content (AvgIpc) is 2.27. The van der Waals surface area contributed by atoms with Crippen LogP contribution in [0.25, 0.3) is 0 Å². The molecule has 0 aliphatic carbocycles. The second-order valence-electron chi connectivity index (χ2n) is 5.00. The van der Waals surface area contributed by atoms with Gasteiger partial charge in [0.25, 0.3) is 0 Å². The zero-order valence-corrected chi connectivity index (χ0v) is 11.5. The molecule has 0 saturated carbocycles. The van der Waals surface area contributed by atoms with E-state index >= 15 is 0 Å². The molecule has 1 aromatic rings. The summed E-state index contributed by atoms with van der Waals surface area (Å²) in [4.78, 5) is 10.4. The van der Waals surface area contributed by atoms with Crippen molar-refractivity contribution < 1.29 is 14.8 Å². The molecule has 19 heavy (non-hydrogen) atoms. The van der Waals surface area contributed by atoms with Gasteiger partial charge in [-0.25, -0.2) is 0 Å². The highest BCUT2D eigenvalue weighted by atomic mass is 16.6. The summed E-state index contributed by atoms with van der Waals surface area (Å²) in [5.41, 5.74) is -0.000802. The molecule has 0 fully saturated rings. The van der Waals surface area contributed by atoms with Crippen molar-refractivity contribution in [3.8, 4) is 5.75 Å². The molecule has 0 aliphatic rings. The number of nitrogens with one attached hydrogen (secondary N) is 1. The van der Waals surface area contributed by atoms with E-state index in [0.717, 1.165) is 5.56 Å². The molecule has 0 spiro atoms. The molecular weight excluding hydrogens is 248 g/mol. The van der Waals surface area contributed by atoms with Gasteiger partial charge in [0.05, 0.1) is 17.1 Å². The number of aliphatic hydroxyl groups is 1. The molecular formula is C13H20N2O4. The number of ether oxygens (including phenoxy) is 1. The predicted octanol–water partition coefficient (Wildman–Crippen LogP) is 1.85. The van der Waals surface area contributed by atoms with Gasteiger partial charge in [0.1, 0.15) is 0 Å². The lowest BCUT2D eigenvalue weighted by Crippen LogP contribution is -2.22. The Kier molecular flexibility index (Phi) is 5.26. The zero-order chi connectivity index (χ0) is 14.5. The zero-order valence-electron chi connectivity index (χ0n) is 11.5. The minimum atomic E-state index is -0.850. The van der Waals surface area contributed by atoms with Gasteiger partial charge in [-0.2, -0.15) is 0 Å². The van der Waals surface area contributed by atoms with E-state index in [4.69, 9.17) is 4.74 Å². The van der Waals surface area contributed by atoms with Crippen molar-refractivity contribution >= 4 is 5.69 Å². The summed E-state index contributed by atoms with van der Waals surface area (Å²) >= 11 is 0. The molecule has 0 heterocycles. The van der Waals surface area contributed by atoms with E-state index in [2.05, 4.69) is 5.32 Å². The Bertz CT molecular complexity index is 441. The molecule has 0 aliphatic heterocycles. The third kappa shape index (κ3) is 5.23. The first-order chi connectivity index (χ1) is 8.83. The summed E-state index contributed by atoms with van der Waals surface area (Å²) in [6, 6.07) is 4.78. The number of nitrogens with zero attached hydrogens (tertiary/aromatic N) is 1. The Morgan fingerprint density at radius 3 is 2.68 bits per heavy atom. The van der Waals surface area contributed by atoms with Gasteiger partial charge in [-0.15, -0.1) is 0 Å². The average molecular weight is 268 g/mol. The Labute approximate surface area is 112 Å². The van der Waals surface area contributed by atoms with E-state index < -0.39 is 10.5 Å². The van der Waals surface area contributed by atoms with Crippen LogP contribution in [0, 0.1) is 10.1 Å². The number of nitro benzene ring substituents is 1. The predicted molar refractivity (Wildman–Crippen MR) is 72.3 cm³/mol. The van der Waals surface area contributed by atoms with Crippen LogP contribution in [-0.2, 0) is 6.54 Å². The summed E-state index contributed by atoms with van der Waals surface area (Å²) in [5.74, 6) is 0.238. The maximum Gasteiger partial charge on any atom is 0.310 e. The van der Waals surface area contributed by atoms with Crippen LogP contribution in [0.2, 0.25) is 0 Å². The minimum Gasteiger partial charge on any atom is -0.487 e. The van der Waals surface area contributed by atoms with E-state index in [9.17, 15) is 15.2 Å². The number of nitro groups is 1. The van der Waals surface area contributed by atoms with Gasteiger partial charge in [-0.1, -0.05) is 6.07 Å². The Morgan fingerprint density at radius 2 is 2.16 bits per heavy atom. The number of benzene rings is 1. The summed E-state index contributed by atoms with van der Waals surface area (Å²) < 4.78 is 5.43. The van der Waals surface area contributed by atoms with E-state index in [0.29, 0.717) is 13.0 Å². The molecule has 0 saturated heterocycles. The van der Waals surface area contributed by atoms with Gasteiger partial charge >= 0.3 is 5.69 Å². The van der Waals surface area contributed by atoms with Crippen LogP contribution >= 0.6 is 0 Å². The van der Waals surface area contributed by atoms with Crippen molar-refractivity contribution in [1.82, 2.24) is 5.32 Å². The maximum atomic E-state index is 10.9. The topological polar surface area (TPSA) is 84.6 Å². The summed E-state index contributed by atoms with van der Waals surface area (Å²) in [5, 5.41) is 23.5. The standard InChI is InChI=1S/C13H20N2O4/c1-13(2,16)6-7-19-12-8-10(9-14-3)4-5-11(12)15(17)18/h4-5,8,14,16H,6-7,9H2,1-3H3. The quantitative estimate of drug-likeness (QED) is 0.582. The maximum absolute atomic E-state index is 10.9. The number of hydrogen-bond acceptors (Lipinski definition) is 5. The minimum absolute atomic E-state index is 0.0596. The molecule has 6 heteroatoms. The van der Waals surface area contributed by atoms with Crippen LogP contribution in [0.4, 0.5) is 5.69 Å². The van der Waals surface area contributed by atoms with Crippen LogP contribution < -0.4 is 10.1 Å². The fourth-order valence-corrected chi connectivity index (χ4v) is 1.55. The normalized spacial score (nSPS) is 11.4. The van der Waals surface area contributed by atoms with Gasteiger partial charge in [-0.3, -0.25) is 10.1 Å². The van der Waals surface area contributed by atoms with Crippen molar-refractivity contribution in [2.45, 2.75) is 32.4 Å². The molecule has 6 nitrogen and oxygen atoms in total. The van der Waals surface area contributed by atoms with Crippen molar-refractivity contribution in [2.24, 2.45) is 0 Å². The SMILES string of the molecule is CNCc1ccc([N+](=O)[O-])c(OCCC(C)(C)O)c1. The first-order valence-corrected chi connectivity index (χ1v) is 6.10. The van der Waals surface area contributed by atoms with Crippen LogP contribution in [0.15, 0.2) is 18.2 Å². The smallest absolute Gasteiger partial charge is 0.310 e. The lowest BCUT2D eigenvalue weighted by atomic mass is 10.1. The fraction of sp³-hybridized carbons (Fsp3) is 0.538. The Morgan fingerprint density at radius 1 is 1.47 bits per heavy atom. The van der Waals surface area contributed by atoms with Gasteiger partial charge in [-0.05, 0) is 32.5 Å². The van der Waals surface area contributed by atoms with Crippen LogP contribution in [0.5, 0.6) is 5.75 Å². The molecule has 0 radical (unpaired) electrons. The third-order valence-electron chi connectivity index (χ3n) is 2.57. The van der Waals surface area contributed by atoms with E-state index in [1.807, 2.05) is 0 Å². The van der Waals surface area contributed by atoms with E-state index in [1.165, 1.54) is 6.07 Å². The molecule has 0 atom stereocenters. The largest absolute Gasteiger partial charge is 0.487 e. The van der Waals surface area contributed by atoms with Crippen LogP contribution in [0.3, 0.4) is 0 Å².